The van der Waals surface area contributed by atoms with Gasteiger partial charge in [-0.2, -0.15) is 0 Å². The van der Waals surface area contributed by atoms with Crippen LogP contribution < -0.4 is 0 Å². The van der Waals surface area contributed by atoms with Crippen LogP contribution in [-0.4, -0.2) is 34.0 Å². The lowest BCUT2D eigenvalue weighted by Crippen LogP contribution is -2.44. The Hall–Kier alpha value is -1.01. The van der Waals surface area contributed by atoms with Crippen molar-refractivity contribution in [1.29, 1.82) is 0 Å². The second-order valence-corrected chi connectivity index (χ2v) is 7.88. The van der Waals surface area contributed by atoms with Gasteiger partial charge in [0.2, 0.25) is 0 Å². The van der Waals surface area contributed by atoms with Crippen molar-refractivity contribution in [3.63, 3.8) is 0 Å². The first-order valence-corrected chi connectivity index (χ1v) is 7.78. The number of aryl methyl sites for hydroxylation is 1. The first-order valence-electron chi connectivity index (χ1n) is 6.17. The van der Waals surface area contributed by atoms with E-state index in [-0.39, 0.29) is 12.8 Å². The Balaban J connectivity index is 2.00. The zero-order valence-electron chi connectivity index (χ0n) is 10.2. The van der Waals surface area contributed by atoms with Gasteiger partial charge in [0.25, 0.3) is 0 Å². The summed E-state index contributed by atoms with van der Waals surface area (Å²) in [5, 5.41) is 9.84. The lowest BCUT2D eigenvalue weighted by Gasteiger charge is -2.34. The molecule has 2 atom stereocenters. The molecule has 6 heteroatoms. The number of hydrogen-bond donors (Lipinski definition) is 1. The predicted octanol–water partition coefficient (Wildman–Crippen LogP) is 0.712. The van der Waals surface area contributed by atoms with Crippen LogP contribution in [0.15, 0.2) is 12.3 Å². The molecular formula is C12H16N2O3S. The Morgan fingerprint density at radius 1 is 1.33 bits per heavy atom. The molecule has 18 heavy (non-hydrogen) atoms. The van der Waals surface area contributed by atoms with E-state index in [1.165, 1.54) is 0 Å². The van der Waals surface area contributed by atoms with Crippen molar-refractivity contribution >= 4 is 9.84 Å². The Labute approximate surface area is 106 Å². The maximum absolute atomic E-state index is 12.0. The summed E-state index contributed by atoms with van der Waals surface area (Å²) in [6, 6.07) is 1.76. The molecule has 0 amide bonds. The molecule has 0 saturated carbocycles. The third-order valence-corrected chi connectivity index (χ3v) is 6.74. The SMILES string of the molecule is Cc1ccnc(C2(O)CC3CCC(C2)S3(=O)=O)n1. The summed E-state index contributed by atoms with van der Waals surface area (Å²) in [7, 11) is -3.03. The molecule has 0 radical (unpaired) electrons. The fourth-order valence-corrected chi connectivity index (χ4v) is 5.59. The van der Waals surface area contributed by atoms with Gasteiger partial charge < -0.3 is 5.11 Å². The maximum atomic E-state index is 12.0. The van der Waals surface area contributed by atoms with Gasteiger partial charge in [0.05, 0.1) is 10.5 Å². The van der Waals surface area contributed by atoms with Crippen LogP contribution in [0.3, 0.4) is 0 Å². The molecule has 2 aliphatic rings. The van der Waals surface area contributed by atoms with E-state index < -0.39 is 25.9 Å². The van der Waals surface area contributed by atoms with Crippen molar-refractivity contribution in [2.45, 2.75) is 48.7 Å². The van der Waals surface area contributed by atoms with Crippen LogP contribution in [0.1, 0.15) is 37.2 Å². The lowest BCUT2D eigenvalue weighted by atomic mass is 9.92. The minimum atomic E-state index is -3.03. The number of sulfone groups is 1. The van der Waals surface area contributed by atoms with Gasteiger partial charge in [0.1, 0.15) is 5.60 Å². The lowest BCUT2D eigenvalue weighted by molar-refractivity contribution is 0.00835. The largest absolute Gasteiger partial charge is 0.382 e. The van der Waals surface area contributed by atoms with Gasteiger partial charge in [0.15, 0.2) is 15.7 Å². The highest BCUT2D eigenvalue weighted by Gasteiger charge is 2.54. The van der Waals surface area contributed by atoms with E-state index in [1.54, 1.807) is 12.3 Å². The molecule has 2 bridgehead atoms. The van der Waals surface area contributed by atoms with Crippen molar-refractivity contribution in [3.05, 3.63) is 23.8 Å². The Bertz CT molecular complexity index is 565. The molecule has 0 aliphatic carbocycles. The highest BCUT2D eigenvalue weighted by Crippen LogP contribution is 2.46. The summed E-state index contributed by atoms with van der Waals surface area (Å²) < 4.78 is 24.0. The summed E-state index contributed by atoms with van der Waals surface area (Å²) in [6.07, 6.45) is 3.38. The second kappa shape index (κ2) is 3.74. The summed E-state index contributed by atoms with van der Waals surface area (Å²) in [5.74, 6) is 0.370. The number of fused-ring (bicyclic) bond motifs is 2. The average Bonchev–Trinajstić information content (AvgIpc) is 2.51. The molecule has 3 heterocycles. The van der Waals surface area contributed by atoms with Crippen molar-refractivity contribution in [3.8, 4) is 0 Å². The van der Waals surface area contributed by atoms with Crippen molar-refractivity contribution in [2.24, 2.45) is 0 Å². The molecule has 2 unspecified atom stereocenters. The van der Waals surface area contributed by atoms with Crippen LogP contribution in [-0.2, 0) is 15.4 Å². The van der Waals surface area contributed by atoms with E-state index >= 15 is 0 Å². The van der Waals surface area contributed by atoms with Gasteiger partial charge in [-0.1, -0.05) is 0 Å². The quantitative estimate of drug-likeness (QED) is 0.811. The highest BCUT2D eigenvalue weighted by molar-refractivity contribution is 7.93. The summed E-state index contributed by atoms with van der Waals surface area (Å²) >= 11 is 0. The minimum Gasteiger partial charge on any atom is -0.382 e. The summed E-state index contributed by atoms with van der Waals surface area (Å²) in [4.78, 5) is 8.38. The molecule has 0 spiro atoms. The molecule has 2 fully saturated rings. The molecule has 98 valence electrons. The van der Waals surface area contributed by atoms with Crippen LogP contribution in [0.2, 0.25) is 0 Å². The molecule has 2 aliphatic heterocycles. The van der Waals surface area contributed by atoms with Gasteiger partial charge in [0, 0.05) is 24.7 Å². The molecule has 5 nitrogen and oxygen atoms in total. The maximum Gasteiger partial charge on any atom is 0.160 e. The van der Waals surface area contributed by atoms with E-state index in [2.05, 4.69) is 9.97 Å². The number of rotatable bonds is 1. The van der Waals surface area contributed by atoms with Gasteiger partial charge in [-0.05, 0) is 25.8 Å². The van der Waals surface area contributed by atoms with Gasteiger partial charge in [-0.3, -0.25) is 0 Å². The first-order chi connectivity index (χ1) is 8.42. The molecule has 3 rings (SSSR count). The fourth-order valence-electron chi connectivity index (χ4n) is 3.10. The predicted molar refractivity (Wildman–Crippen MR) is 65.6 cm³/mol. The molecule has 2 saturated heterocycles. The van der Waals surface area contributed by atoms with Crippen LogP contribution >= 0.6 is 0 Å². The Kier molecular flexibility index (Phi) is 2.50. The van der Waals surface area contributed by atoms with E-state index in [0.717, 1.165) is 5.69 Å². The number of aromatic nitrogens is 2. The molecule has 1 aromatic heterocycles. The monoisotopic (exact) mass is 268 g/mol. The third kappa shape index (κ3) is 1.66. The third-order valence-electron chi connectivity index (χ3n) is 4.08. The Morgan fingerprint density at radius 2 is 1.94 bits per heavy atom. The van der Waals surface area contributed by atoms with Gasteiger partial charge >= 0.3 is 0 Å². The topological polar surface area (TPSA) is 80.2 Å². The second-order valence-electron chi connectivity index (χ2n) is 5.37. The van der Waals surface area contributed by atoms with Gasteiger partial charge in [-0.25, -0.2) is 18.4 Å². The fraction of sp³-hybridized carbons (Fsp3) is 0.667. The highest BCUT2D eigenvalue weighted by atomic mass is 32.2. The van der Waals surface area contributed by atoms with Crippen LogP contribution in [0.4, 0.5) is 0 Å². The van der Waals surface area contributed by atoms with E-state index in [0.29, 0.717) is 18.7 Å². The zero-order valence-corrected chi connectivity index (χ0v) is 11.0. The van der Waals surface area contributed by atoms with Crippen molar-refractivity contribution in [1.82, 2.24) is 9.97 Å². The number of nitrogens with zero attached hydrogens (tertiary/aromatic N) is 2. The molecule has 1 aromatic rings. The van der Waals surface area contributed by atoms with E-state index in [1.807, 2.05) is 6.92 Å². The van der Waals surface area contributed by atoms with Crippen LogP contribution in [0.25, 0.3) is 0 Å². The summed E-state index contributed by atoms with van der Waals surface area (Å²) in [6.45, 7) is 1.84. The normalized spacial score (nSPS) is 37.7. The van der Waals surface area contributed by atoms with E-state index in [4.69, 9.17) is 0 Å². The van der Waals surface area contributed by atoms with Crippen LogP contribution in [0, 0.1) is 6.92 Å². The van der Waals surface area contributed by atoms with Gasteiger partial charge in [-0.15, -0.1) is 0 Å². The minimum absolute atomic E-state index is 0.231. The van der Waals surface area contributed by atoms with Crippen molar-refractivity contribution in [2.75, 3.05) is 0 Å². The van der Waals surface area contributed by atoms with E-state index in [9.17, 15) is 13.5 Å². The smallest absolute Gasteiger partial charge is 0.160 e. The molecule has 1 N–H and O–H groups in total. The van der Waals surface area contributed by atoms with Crippen molar-refractivity contribution < 1.29 is 13.5 Å². The molecular weight excluding hydrogens is 252 g/mol. The summed E-state index contributed by atoms with van der Waals surface area (Å²) in [5.41, 5.74) is -0.391. The average molecular weight is 268 g/mol. The molecule has 0 aromatic carbocycles. The Morgan fingerprint density at radius 3 is 2.50 bits per heavy atom. The number of hydrogen-bond acceptors (Lipinski definition) is 5. The standard InChI is InChI=1S/C12H16N2O3S/c1-8-4-5-13-11(14-8)12(15)6-9-2-3-10(7-12)18(9,16)17/h4-5,9-10,15H,2-3,6-7H2,1H3. The number of aliphatic hydroxyl groups is 1. The first kappa shape index (κ1) is 12.0. The van der Waals surface area contributed by atoms with Crippen LogP contribution in [0.5, 0.6) is 0 Å². The zero-order chi connectivity index (χ0) is 13.0.